The summed E-state index contributed by atoms with van der Waals surface area (Å²) < 4.78 is 38.4. The number of hydrogen-bond acceptors (Lipinski definition) is 6. The Morgan fingerprint density at radius 3 is 2.38 bits per heavy atom. The maximum atomic E-state index is 12.8. The van der Waals surface area contributed by atoms with E-state index in [4.69, 9.17) is 9.47 Å². The molecule has 9 nitrogen and oxygen atoms in total. The van der Waals surface area contributed by atoms with Crippen LogP contribution in [-0.4, -0.2) is 47.0 Å². The molecule has 32 heavy (non-hydrogen) atoms. The summed E-state index contributed by atoms with van der Waals surface area (Å²) in [5.74, 6) is 0.121. The van der Waals surface area contributed by atoms with Crippen molar-refractivity contribution in [2.45, 2.75) is 37.6 Å². The second kappa shape index (κ2) is 9.58. The highest BCUT2D eigenvalue weighted by molar-refractivity contribution is 7.89. The fourth-order valence-corrected chi connectivity index (χ4v) is 4.93. The number of benzene rings is 2. The molecule has 10 heteroatoms. The highest BCUT2D eigenvalue weighted by atomic mass is 32.2. The predicted octanol–water partition coefficient (Wildman–Crippen LogP) is 2.77. The number of methoxy groups -OCH3 is 2. The third-order valence-corrected chi connectivity index (χ3v) is 6.59. The summed E-state index contributed by atoms with van der Waals surface area (Å²) >= 11 is 0. The van der Waals surface area contributed by atoms with Gasteiger partial charge in [-0.05, 0) is 50.6 Å². The molecule has 1 aliphatic heterocycles. The van der Waals surface area contributed by atoms with Crippen molar-refractivity contribution >= 4 is 33.2 Å². The zero-order valence-electron chi connectivity index (χ0n) is 18.5. The van der Waals surface area contributed by atoms with Crippen LogP contribution in [-0.2, 0) is 14.8 Å². The first kappa shape index (κ1) is 23.6. The first-order chi connectivity index (χ1) is 15.2. The number of nitrogens with zero attached hydrogens (tertiary/aromatic N) is 1. The average Bonchev–Trinajstić information content (AvgIpc) is 3.17. The Hall–Kier alpha value is -3.11. The second-order valence-electron chi connectivity index (χ2n) is 7.63. The van der Waals surface area contributed by atoms with E-state index in [2.05, 4.69) is 10.0 Å². The molecule has 0 aliphatic carbocycles. The third-order valence-electron chi connectivity index (χ3n) is 4.91. The molecule has 1 saturated heterocycles. The number of carbonyl (C=O) groups excluding carboxylic acids is 2. The Balaban J connectivity index is 1.87. The summed E-state index contributed by atoms with van der Waals surface area (Å²) in [4.78, 5) is 26.4. The number of ether oxygens (including phenoxy) is 2. The highest BCUT2D eigenvalue weighted by Gasteiger charge is 2.25. The number of amides is 2. The molecule has 2 N–H and O–H groups in total. The van der Waals surface area contributed by atoms with Gasteiger partial charge in [-0.25, -0.2) is 13.1 Å². The van der Waals surface area contributed by atoms with Crippen LogP contribution in [0.15, 0.2) is 41.3 Å². The topological polar surface area (TPSA) is 114 Å². The number of sulfonamides is 1. The van der Waals surface area contributed by atoms with Gasteiger partial charge < -0.3 is 19.7 Å². The molecule has 0 saturated carbocycles. The SMILES string of the molecule is COc1cc(NC(=O)c2ccc(OC)c(S(=O)(=O)NC(C)C)c2)ccc1N1CCCC1=O. The Kier molecular flexibility index (Phi) is 7.05. The molecule has 1 aliphatic rings. The first-order valence-corrected chi connectivity index (χ1v) is 11.6. The average molecular weight is 462 g/mol. The van der Waals surface area contributed by atoms with E-state index in [1.807, 2.05) is 0 Å². The van der Waals surface area contributed by atoms with Gasteiger partial charge in [0, 0.05) is 36.3 Å². The van der Waals surface area contributed by atoms with Crippen LogP contribution in [0.5, 0.6) is 11.5 Å². The smallest absolute Gasteiger partial charge is 0.255 e. The molecule has 2 aromatic rings. The van der Waals surface area contributed by atoms with Crippen molar-refractivity contribution in [2.24, 2.45) is 0 Å². The molecule has 0 atom stereocenters. The molecule has 0 aromatic heterocycles. The van der Waals surface area contributed by atoms with Gasteiger partial charge in [0.15, 0.2) is 0 Å². The normalized spacial score (nSPS) is 14.0. The fraction of sp³-hybridized carbons (Fsp3) is 0.364. The molecule has 2 amide bonds. The Labute approximate surface area is 187 Å². The number of carbonyl (C=O) groups is 2. The zero-order valence-corrected chi connectivity index (χ0v) is 19.3. The van der Waals surface area contributed by atoms with E-state index in [0.717, 1.165) is 6.42 Å². The van der Waals surface area contributed by atoms with Crippen LogP contribution >= 0.6 is 0 Å². The van der Waals surface area contributed by atoms with Crippen molar-refractivity contribution in [1.29, 1.82) is 0 Å². The molecular formula is C22H27N3O6S. The van der Waals surface area contributed by atoms with E-state index in [1.165, 1.54) is 32.4 Å². The van der Waals surface area contributed by atoms with Crippen molar-refractivity contribution in [3.05, 3.63) is 42.0 Å². The fourth-order valence-electron chi connectivity index (χ4n) is 3.49. The van der Waals surface area contributed by atoms with Gasteiger partial charge in [0.1, 0.15) is 16.4 Å². The quantitative estimate of drug-likeness (QED) is 0.625. The zero-order chi connectivity index (χ0) is 23.5. The van der Waals surface area contributed by atoms with Crippen LogP contribution in [0.1, 0.15) is 37.0 Å². The van der Waals surface area contributed by atoms with Crippen LogP contribution in [0.3, 0.4) is 0 Å². The number of nitrogens with one attached hydrogen (secondary N) is 2. The lowest BCUT2D eigenvalue weighted by atomic mass is 10.2. The lowest BCUT2D eigenvalue weighted by Gasteiger charge is -2.20. The molecule has 172 valence electrons. The van der Waals surface area contributed by atoms with Crippen LogP contribution in [0.4, 0.5) is 11.4 Å². The summed E-state index contributed by atoms with van der Waals surface area (Å²) in [6, 6.07) is 8.88. The Morgan fingerprint density at radius 1 is 1.06 bits per heavy atom. The first-order valence-electron chi connectivity index (χ1n) is 10.2. The predicted molar refractivity (Wildman–Crippen MR) is 121 cm³/mol. The van der Waals surface area contributed by atoms with Crippen molar-refractivity contribution in [3.63, 3.8) is 0 Å². The van der Waals surface area contributed by atoms with E-state index in [1.54, 1.807) is 36.9 Å². The lowest BCUT2D eigenvalue weighted by Crippen LogP contribution is -2.30. The molecule has 1 fully saturated rings. The van der Waals surface area contributed by atoms with Crippen LogP contribution < -0.4 is 24.4 Å². The molecule has 0 bridgehead atoms. The summed E-state index contributed by atoms with van der Waals surface area (Å²) in [5, 5.41) is 2.74. The summed E-state index contributed by atoms with van der Waals surface area (Å²) in [6.45, 7) is 4.02. The minimum Gasteiger partial charge on any atom is -0.495 e. The van der Waals surface area contributed by atoms with E-state index in [0.29, 0.717) is 30.1 Å². The second-order valence-corrected chi connectivity index (χ2v) is 9.31. The van der Waals surface area contributed by atoms with Crippen molar-refractivity contribution in [1.82, 2.24) is 4.72 Å². The number of rotatable bonds is 8. The molecule has 1 heterocycles. The van der Waals surface area contributed by atoms with Gasteiger partial charge in [-0.3, -0.25) is 9.59 Å². The van der Waals surface area contributed by atoms with Crippen molar-refractivity contribution < 1.29 is 27.5 Å². The van der Waals surface area contributed by atoms with E-state index >= 15 is 0 Å². The van der Waals surface area contributed by atoms with E-state index in [-0.39, 0.29) is 28.2 Å². The van der Waals surface area contributed by atoms with Gasteiger partial charge in [0.05, 0.1) is 19.9 Å². The molecular weight excluding hydrogens is 434 g/mol. The number of hydrogen-bond donors (Lipinski definition) is 2. The van der Waals surface area contributed by atoms with Gasteiger partial charge in [-0.1, -0.05) is 0 Å². The van der Waals surface area contributed by atoms with Gasteiger partial charge in [-0.15, -0.1) is 0 Å². The largest absolute Gasteiger partial charge is 0.495 e. The minimum atomic E-state index is -3.87. The standard InChI is InChI=1S/C22H27N3O6S/c1-14(2)24-32(28,29)20-12-15(7-10-18(20)30-3)22(27)23-16-8-9-17(19(13-16)31-4)25-11-5-6-21(25)26/h7-10,12-14,24H,5-6,11H2,1-4H3,(H,23,27). The molecule has 0 radical (unpaired) electrons. The van der Waals surface area contributed by atoms with E-state index in [9.17, 15) is 18.0 Å². The Bertz CT molecular complexity index is 1130. The molecule has 0 unspecified atom stereocenters. The van der Waals surface area contributed by atoms with Crippen LogP contribution in [0, 0.1) is 0 Å². The lowest BCUT2D eigenvalue weighted by molar-refractivity contribution is -0.117. The van der Waals surface area contributed by atoms with E-state index < -0.39 is 15.9 Å². The van der Waals surface area contributed by atoms with Crippen LogP contribution in [0.2, 0.25) is 0 Å². The van der Waals surface area contributed by atoms with Gasteiger partial charge in [0.2, 0.25) is 15.9 Å². The molecule has 3 rings (SSSR count). The molecule has 2 aromatic carbocycles. The van der Waals surface area contributed by atoms with Gasteiger partial charge in [-0.2, -0.15) is 0 Å². The Morgan fingerprint density at radius 2 is 1.78 bits per heavy atom. The maximum Gasteiger partial charge on any atom is 0.255 e. The van der Waals surface area contributed by atoms with Crippen LogP contribution in [0.25, 0.3) is 0 Å². The van der Waals surface area contributed by atoms with Crippen molar-refractivity contribution in [2.75, 3.05) is 31.0 Å². The monoisotopic (exact) mass is 461 g/mol. The molecule has 0 spiro atoms. The van der Waals surface area contributed by atoms with Gasteiger partial charge >= 0.3 is 0 Å². The summed E-state index contributed by atoms with van der Waals surface area (Å²) in [6.07, 6.45) is 1.28. The highest BCUT2D eigenvalue weighted by Crippen LogP contribution is 2.34. The van der Waals surface area contributed by atoms with Gasteiger partial charge in [0.25, 0.3) is 5.91 Å². The number of anilines is 2. The summed E-state index contributed by atoms with van der Waals surface area (Å²) in [7, 11) is -1.02. The third kappa shape index (κ3) is 5.03. The summed E-state index contributed by atoms with van der Waals surface area (Å²) in [5.41, 5.74) is 1.24. The van der Waals surface area contributed by atoms with Crippen molar-refractivity contribution in [3.8, 4) is 11.5 Å². The minimum absolute atomic E-state index is 0.0297. The maximum absolute atomic E-state index is 12.8.